The molecule has 0 saturated carbocycles. The van der Waals surface area contributed by atoms with Gasteiger partial charge < -0.3 is 24.7 Å². The minimum Gasteiger partial charge on any atom is -0.494 e. The van der Waals surface area contributed by atoms with Gasteiger partial charge in [-0.3, -0.25) is 10.1 Å². The standard InChI is InChI=1S/C26H24FN3O3S.C20H22N2O2S/c1-4-11-32-19-5-7-20(8-6-19)33-21-12-16(2)24(17(3)13-21)22-15-34-26(29-22)30-25(31)18-9-10-28-23(27)14-18;1-4-9-23-15-5-7-16(8-6-15)24-17-10-13(2)19(14(3)11-17)18-12-25-20(21)22-18/h5-10,12-15H,4,11H2,1-3H3,(H,29,30,31);5-8,10-12H,4,9H2,1-3H3,(H2,21,22). The van der Waals surface area contributed by atoms with Crippen molar-refractivity contribution in [3.05, 3.63) is 136 Å². The first-order valence-corrected chi connectivity index (χ1v) is 20.9. The quantitative estimate of drug-likeness (QED) is 0.103. The fourth-order valence-electron chi connectivity index (χ4n) is 6.25. The van der Waals surface area contributed by atoms with Crippen molar-refractivity contribution in [1.29, 1.82) is 0 Å². The summed E-state index contributed by atoms with van der Waals surface area (Å²) in [5.74, 6) is 3.58. The highest BCUT2D eigenvalue weighted by atomic mass is 32.1. The average Bonchev–Trinajstić information content (AvgIpc) is 3.85. The Morgan fingerprint density at radius 3 is 1.54 bits per heavy atom. The molecule has 3 N–H and O–H groups in total. The number of benzene rings is 4. The average molecular weight is 832 g/mol. The molecule has 7 aromatic rings. The van der Waals surface area contributed by atoms with Gasteiger partial charge >= 0.3 is 0 Å². The highest BCUT2D eigenvalue weighted by Gasteiger charge is 2.16. The fraction of sp³-hybridized carbons (Fsp3) is 0.217. The third-order valence-corrected chi connectivity index (χ3v) is 10.3. The van der Waals surface area contributed by atoms with Crippen molar-refractivity contribution in [2.75, 3.05) is 24.3 Å². The molecule has 0 aliphatic rings. The first kappa shape index (κ1) is 42.3. The number of rotatable bonds is 14. The Morgan fingerprint density at radius 1 is 0.644 bits per heavy atom. The van der Waals surface area contributed by atoms with Gasteiger partial charge in [-0.15, -0.1) is 22.7 Å². The van der Waals surface area contributed by atoms with Gasteiger partial charge in [-0.2, -0.15) is 4.39 Å². The highest BCUT2D eigenvalue weighted by Crippen LogP contribution is 2.36. The third-order valence-electron chi connectivity index (χ3n) is 8.82. The molecule has 0 radical (unpaired) electrons. The summed E-state index contributed by atoms with van der Waals surface area (Å²) in [5.41, 5.74) is 13.9. The summed E-state index contributed by atoms with van der Waals surface area (Å²) < 4.78 is 36.5. The highest BCUT2D eigenvalue weighted by molar-refractivity contribution is 7.14. The van der Waals surface area contributed by atoms with Crippen LogP contribution in [0.25, 0.3) is 22.5 Å². The van der Waals surface area contributed by atoms with Crippen molar-refractivity contribution in [2.24, 2.45) is 0 Å². The Hall–Kier alpha value is -6.31. The number of carbonyl (C=O) groups excluding carboxylic acids is 1. The van der Waals surface area contributed by atoms with Gasteiger partial charge in [0.05, 0.1) is 24.6 Å². The lowest BCUT2D eigenvalue weighted by Crippen LogP contribution is -2.12. The number of carbonyl (C=O) groups is 1. The lowest BCUT2D eigenvalue weighted by atomic mass is 10.0. The van der Waals surface area contributed by atoms with Crippen LogP contribution in [0.4, 0.5) is 14.7 Å². The lowest BCUT2D eigenvalue weighted by molar-refractivity contribution is 0.102. The van der Waals surface area contributed by atoms with E-state index in [1.807, 2.05) is 97.4 Å². The number of amides is 1. The number of nitrogens with zero attached hydrogens (tertiary/aromatic N) is 3. The number of anilines is 2. The SMILES string of the molecule is CCCOc1ccc(Oc2cc(C)c(-c3csc(N)n3)c(C)c2)cc1.CCCOc1ccc(Oc2cc(C)c(-c3csc(NC(=O)c4ccnc(F)c4)n3)c(C)c2)cc1. The molecule has 0 atom stereocenters. The van der Waals surface area contributed by atoms with E-state index in [2.05, 4.69) is 48.0 Å². The van der Waals surface area contributed by atoms with Crippen LogP contribution in [-0.4, -0.2) is 34.1 Å². The number of aromatic nitrogens is 3. The van der Waals surface area contributed by atoms with Gasteiger partial charge in [0.2, 0.25) is 5.95 Å². The molecule has 0 saturated heterocycles. The van der Waals surface area contributed by atoms with Gasteiger partial charge in [0.15, 0.2) is 10.3 Å². The first-order valence-electron chi connectivity index (χ1n) is 19.1. The summed E-state index contributed by atoms with van der Waals surface area (Å²) in [6.07, 6.45) is 3.21. The zero-order valence-corrected chi connectivity index (χ0v) is 35.4. The predicted octanol–water partition coefficient (Wildman–Crippen LogP) is 12.4. The van der Waals surface area contributed by atoms with Crippen molar-refractivity contribution >= 4 is 38.8 Å². The second kappa shape index (κ2) is 19.9. The number of halogens is 1. The van der Waals surface area contributed by atoms with Gasteiger partial charge in [-0.05, 0) is 142 Å². The second-order valence-corrected chi connectivity index (χ2v) is 15.4. The van der Waals surface area contributed by atoms with Gasteiger partial charge in [0.25, 0.3) is 5.91 Å². The molecule has 3 aromatic heterocycles. The Bertz CT molecular complexity index is 2460. The summed E-state index contributed by atoms with van der Waals surface area (Å²) >= 11 is 2.76. The largest absolute Gasteiger partial charge is 0.494 e. The maximum Gasteiger partial charge on any atom is 0.257 e. The molecule has 7 rings (SSSR count). The second-order valence-electron chi connectivity index (χ2n) is 13.6. The Balaban J connectivity index is 0.000000208. The molecular formula is C46H46FN5O5S2. The molecule has 1 amide bonds. The number of aryl methyl sites for hydroxylation is 4. The number of nitrogens with two attached hydrogens (primary N) is 1. The number of ether oxygens (including phenoxy) is 4. The van der Waals surface area contributed by atoms with Crippen LogP contribution in [0.1, 0.15) is 59.3 Å². The number of nitrogen functional groups attached to an aromatic ring is 1. The Kier molecular flexibility index (Phi) is 14.3. The molecule has 59 heavy (non-hydrogen) atoms. The first-order chi connectivity index (χ1) is 28.5. The van der Waals surface area contributed by atoms with E-state index in [0.29, 0.717) is 16.9 Å². The zero-order chi connectivity index (χ0) is 41.9. The van der Waals surface area contributed by atoms with E-state index in [9.17, 15) is 9.18 Å². The minimum atomic E-state index is -0.707. The van der Waals surface area contributed by atoms with Crippen LogP contribution >= 0.6 is 22.7 Å². The van der Waals surface area contributed by atoms with E-state index >= 15 is 0 Å². The van der Waals surface area contributed by atoms with Crippen molar-refractivity contribution in [3.63, 3.8) is 0 Å². The molecule has 0 aliphatic carbocycles. The molecule has 3 heterocycles. The Labute approximate surface area is 351 Å². The maximum atomic E-state index is 13.3. The van der Waals surface area contributed by atoms with Gasteiger partial charge in [-0.25, -0.2) is 15.0 Å². The third kappa shape index (κ3) is 11.4. The molecule has 0 spiro atoms. The lowest BCUT2D eigenvalue weighted by Gasteiger charge is -2.13. The number of hydrogen-bond acceptors (Lipinski definition) is 11. The summed E-state index contributed by atoms with van der Waals surface area (Å²) in [6, 6.07) is 25.8. The monoisotopic (exact) mass is 831 g/mol. The molecule has 13 heteroatoms. The topological polar surface area (TPSA) is 131 Å². The maximum absolute atomic E-state index is 13.3. The molecule has 0 fully saturated rings. The van der Waals surface area contributed by atoms with Crippen molar-refractivity contribution in [3.8, 4) is 57.0 Å². The van der Waals surface area contributed by atoms with Gasteiger partial charge in [0, 0.05) is 39.7 Å². The van der Waals surface area contributed by atoms with Crippen LogP contribution in [0.2, 0.25) is 0 Å². The van der Waals surface area contributed by atoms with E-state index < -0.39 is 11.9 Å². The number of nitrogens with one attached hydrogen (secondary N) is 1. The summed E-state index contributed by atoms with van der Waals surface area (Å²) in [6.45, 7) is 13.7. The van der Waals surface area contributed by atoms with E-state index in [1.54, 1.807) is 0 Å². The van der Waals surface area contributed by atoms with E-state index in [1.165, 1.54) is 34.9 Å². The molecule has 10 nitrogen and oxygen atoms in total. The molecule has 0 bridgehead atoms. The van der Waals surface area contributed by atoms with Crippen molar-refractivity contribution < 1.29 is 28.1 Å². The van der Waals surface area contributed by atoms with Gasteiger partial charge in [-0.1, -0.05) is 13.8 Å². The predicted molar refractivity (Wildman–Crippen MR) is 235 cm³/mol. The normalized spacial score (nSPS) is 10.7. The molecule has 304 valence electrons. The molecule has 0 aliphatic heterocycles. The molecule has 0 unspecified atom stereocenters. The zero-order valence-electron chi connectivity index (χ0n) is 33.8. The van der Waals surface area contributed by atoms with Crippen LogP contribution in [0.3, 0.4) is 0 Å². The van der Waals surface area contributed by atoms with Crippen LogP contribution in [0.5, 0.6) is 34.5 Å². The van der Waals surface area contributed by atoms with Gasteiger partial charge in [0.1, 0.15) is 34.5 Å². The van der Waals surface area contributed by atoms with Crippen LogP contribution in [0.15, 0.2) is 102 Å². The van der Waals surface area contributed by atoms with Crippen LogP contribution < -0.4 is 30.0 Å². The van der Waals surface area contributed by atoms with Crippen molar-refractivity contribution in [1.82, 2.24) is 15.0 Å². The summed E-state index contributed by atoms with van der Waals surface area (Å²) in [5, 5.41) is 7.60. The van der Waals surface area contributed by atoms with E-state index in [-0.39, 0.29) is 5.56 Å². The van der Waals surface area contributed by atoms with E-state index in [4.69, 9.17) is 24.7 Å². The minimum absolute atomic E-state index is 0.183. The molecule has 4 aromatic carbocycles. The molecular weight excluding hydrogens is 786 g/mol. The number of hydrogen-bond donors (Lipinski definition) is 2. The van der Waals surface area contributed by atoms with Crippen molar-refractivity contribution in [2.45, 2.75) is 54.4 Å². The van der Waals surface area contributed by atoms with E-state index in [0.717, 1.165) is 105 Å². The number of thiazole rings is 2. The smallest absolute Gasteiger partial charge is 0.257 e. The fourth-order valence-corrected chi connectivity index (χ4v) is 7.51. The van der Waals surface area contributed by atoms with Crippen LogP contribution in [0, 0.1) is 33.6 Å². The Morgan fingerprint density at radius 2 is 1.10 bits per heavy atom. The summed E-state index contributed by atoms with van der Waals surface area (Å²) in [7, 11) is 0. The summed E-state index contributed by atoms with van der Waals surface area (Å²) in [4.78, 5) is 24.8. The van der Waals surface area contributed by atoms with Crippen LogP contribution in [-0.2, 0) is 0 Å². The number of pyridine rings is 1.